The van der Waals surface area contributed by atoms with Gasteiger partial charge in [-0.05, 0) is 12.1 Å². The molecule has 20 heavy (non-hydrogen) atoms. The molecule has 0 fully saturated rings. The lowest BCUT2D eigenvalue weighted by atomic mass is 10.3. The van der Waals surface area contributed by atoms with E-state index in [4.69, 9.17) is 39.5 Å². The summed E-state index contributed by atoms with van der Waals surface area (Å²) in [6, 6.07) is 6.51. The van der Waals surface area contributed by atoms with Crippen LogP contribution in [0.25, 0.3) is 0 Å². The Morgan fingerprint density at radius 2 is 1.85 bits per heavy atom. The fourth-order valence-electron chi connectivity index (χ4n) is 1.44. The first kappa shape index (κ1) is 14.8. The highest BCUT2D eigenvalue weighted by molar-refractivity contribution is 6.42. The highest BCUT2D eigenvalue weighted by Gasteiger charge is 2.21. The summed E-state index contributed by atoms with van der Waals surface area (Å²) in [6.07, 6.45) is 0. The van der Waals surface area contributed by atoms with E-state index in [-0.39, 0.29) is 20.8 Å². The molecule has 0 aliphatic heterocycles. The van der Waals surface area contributed by atoms with Crippen LogP contribution in [-0.4, -0.2) is 4.92 Å². The van der Waals surface area contributed by atoms with E-state index in [0.29, 0.717) is 0 Å². The summed E-state index contributed by atoms with van der Waals surface area (Å²) in [7, 11) is 0. The van der Waals surface area contributed by atoms with Crippen LogP contribution < -0.4 is 4.74 Å². The van der Waals surface area contributed by atoms with Crippen molar-refractivity contribution >= 4 is 40.5 Å². The Morgan fingerprint density at radius 3 is 2.50 bits per heavy atom. The van der Waals surface area contributed by atoms with Gasteiger partial charge in [0.1, 0.15) is 10.8 Å². The maximum absolute atomic E-state index is 13.9. The number of hydrogen-bond acceptors (Lipinski definition) is 3. The standard InChI is InChI=1S/C12H5Cl3FNO3/c13-6-4-8(17(18)19)12(16)10(5-6)20-9-3-1-2-7(14)11(9)15/h1-5H. The van der Waals surface area contributed by atoms with E-state index in [1.165, 1.54) is 12.1 Å². The summed E-state index contributed by atoms with van der Waals surface area (Å²) in [6.45, 7) is 0. The Labute approximate surface area is 127 Å². The van der Waals surface area contributed by atoms with Crippen molar-refractivity contribution in [1.29, 1.82) is 0 Å². The van der Waals surface area contributed by atoms with Crippen LogP contribution >= 0.6 is 34.8 Å². The second-order valence-corrected chi connectivity index (χ2v) is 4.87. The summed E-state index contributed by atoms with van der Waals surface area (Å²) in [5.41, 5.74) is -0.786. The summed E-state index contributed by atoms with van der Waals surface area (Å²) >= 11 is 17.4. The van der Waals surface area contributed by atoms with Crippen molar-refractivity contribution in [3.63, 3.8) is 0 Å². The minimum atomic E-state index is -1.14. The van der Waals surface area contributed by atoms with E-state index in [9.17, 15) is 14.5 Å². The number of benzene rings is 2. The second kappa shape index (κ2) is 5.83. The monoisotopic (exact) mass is 335 g/mol. The van der Waals surface area contributed by atoms with E-state index in [2.05, 4.69) is 0 Å². The zero-order valence-corrected chi connectivity index (χ0v) is 11.8. The van der Waals surface area contributed by atoms with Gasteiger partial charge in [0.15, 0.2) is 5.75 Å². The van der Waals surface area contributed by atoms with Gasteiger partial charge in [-0.2, -0.15) is 4.39 Å². The average Bonchev–Trinajstić information content (AvgIpc) is 2.38. The van der Waals surface area contributed by atoms with Crippen molar-refractivity contribution in [3.8, 4) is 11.5 Å². The fourth-order valence-corrected chi connectivity index (χ4v) is 1.97. The van der Waals surface area contributed by atoms with Crippen LogP contribution in [0.1, 0.15) is 0 Å². The molecule has 0 saturated carbocycles. The minimum Gasteiger partial charge on any atom is -0.452 e. The lowest BCUT2D eigenvalue weighted by Crippen LogP contribution is -1.96. The molecule has 0 amide bonds. The molecule has 4 nitrogen and oxygen atoms in total. The Bertz CT molecular complexity index is 694. The first-order chi connectivity index (χ1) is 9.40. The van der Waals surface area contributed by atoms with Crippen LogP contribution in [0.4, 0.5) is 10.1 Å². The SMILES string of the molecule is O=[N+]([O-])c1cc(Cl)cc(Oc2cccc(Cl)c2Cl)c1F. The topological polar surface area (TPSA) is 52.4 Å². The molecule has 0 radical (unpaired) electrons. The molecule has 0 unspecified atom stereocenters. The Morgan fingerprint density at radius 1 is 1.15 bits per heavy atom. The number of halogens is 4. The van der Waals surface area contributed by atoms with Crippen molar-refractivity contribution in [2.45, 2.75) is 0 Å². The van der Waals surface area contributed by atoms with Gasteiger partial charge in [-0.3, -0.25) is 10.1 Å². The number of nitrogens with zero attached hydrogens (tertiary/aromatic N) is 1. The van der Waals surface area contributed by atoms with Crippen molar-refractivity contribution < 1.29 is 14.1 Å². The Balaban J connectivity index is 2.49. The van der Waals surface area contributed by atoms with Crippen LogP contribution in [-0.2, 0) is 0 Å². The van der Waals surface area contributed by atoms with E-state index >= 15 is 0 Å². The van der Waals surface area contributed by atoms with Gasteiger partial charge < -0.3 is 4.74 Å². The lowest BCUT2D eigenvalue weighted by Gasteiger charge is -2.09. The summed E-state index contributed by atoms with van der Waals surface area (Å²) in [5, 5.41) is 10.9. The maximum Gasteiger partial charge on any atom is 0.310 e. The Kier molecular flexibility index (Phi) is 4.32. The third-order valence-electron chi connectivity index (χ3n) is 2.32. The van der Waals surface area contributed by atoms with Crippen molar-refractivity contribution in [2.24, 2.45) is 0 Å². The predicted molar refractivity (Wildman–Crippen MR) is 74.6 cm³/mol. The van der Waals surface area contributed by atoms with E-state index in [1.54, 1.807) is 6.07 Å². The number of rotatable bonds is 3. The highest BCUT2D eigenvalue weighted by Crippen LogP contribution is 2.38. The third-order valence-corrected chi connectivity index (χ3v) is 3.34. The zero-order chi connectivity index (χ0) is 14.9. The molecule has 0 aliphatic rings. The summed E-state index contributed by atoms with van der Waals surface area (Å²) in [5.74, 6) is -1.49. The summed E-state index contributed by atoms with van der Waals surface area (Å²) in [4.78, 5) is 9.81. The quantitative estimate of drug-likeness (QED) is 0.550. The van der Waals surface area contributed by atoms with Gasteiger partial charge in [-0.1, -0.05) is 40.9 Å². The molecule has 0 N–H and O–H groups in total. The van der Waals surface area contributed by atoms with E-state index in [1.807, 2.05) is 0 Å². The molecule has 0 heterocycles. The molecule has 0 atom stereocenters. The van der Waals surface area contributed by atoms with Gasteiger partial charge in [0.25, 0.3) is 0 Å². The molecular weight excluding hydrogens is 331 g/mol. The van der Waals surface area contributed by atoms with Crippen molar-refractivity contribution in [3.05, 3.63) is 61.3 Å². The molecule has 2 rings (SSSR count). The van der Waals surface area contributed by atoms with Crippen molar-refractivity contribution in [2.75, 3.05) is 0 Å². The van der Waals surface area contributed by atoms with Gasteiger partial charge in [-0.15, -0.1) is 0 Å². The number of nitro groups is 1. The van der Waals surface area contributed by atoms with Crippen LogP contribution in [0.3, 0.4) is 0 Å². The number of hydrogen-bond donors (Lipinski definition) is 0. The molecule has 2 aromatic carbocycles. The smallest absolute Gasteiger partial charge is 0.310 e. The van der Waals surface area contributed by atoms with Gasteiger partial charge in [0.2, 0.25) is 5.82 Å². The van der Waals surface area contributed by atoms with Gasteiger partial charge >= 0.3 is 5.69 Å². The number of nitro benzene ring substituents is 1. The van der Waals surface area contributed by atoms with Crippen LogP contribution in [0.2, 0.25) is 15.1 Å². The van der Waals surface area contributed by atoms with E-state index in [0.717, 1.165) is 12.1 Å². The van der Waals surface area contributed by atoms with Crippen LogP contribution in [0, 0.1) is 15.9 Å². The molecule has 8 heteroatoms. The van der Waals surface area contributed by atoms with Crippen LogP contribution in [0.5, 0.6) is 11.5 Å². The first-order valence-electron chi connectivity index (χ1n) is 5.15. The fraction of sp³-hybridized carbons (Fsp3) is 0. The van der Waals surface area contributed by atoms with E-state index < -0.39 is 22.2 Å². The van der Waals surface area contributed by atoms with Gasteiger partial charge in [-0.25, -0.2) is 0 Å². The highest BCUT2D eigenvalue weighted by atomic mass is 35.5. The lowest BCUT2D eigenvalue weighted by molar-refractivity contribution is -0.387. The first-order valence-corrected chi connectivity index (χ1v) is 6.29. The maximum atomic E-state index is 13.9. The molecule has 104 valence electrons. The third kappa shape index (κ3) is 2.95. The zero-order valence-electron chi connectivity index (χ0n) is 9.57. The summed E-state index contributed by atoms with van der Waals surface area (Å²) < 4.78 is 19.1. The normalized spacial score (nSPS) is 10.4. The molecule has 0 bridgehead atoms. The predicted octanol–water partition coefficient (Wildman–Crippen LogP) is 5.49. The second-order valence-electron chi connectivity index (χ2n) is 3.65. The molecule has 2 aromatic rings. The number of ether oxygens (including phenoxy) is 1. The molecule has 0 aromatic heterocycles. The van der Waals surface area contributed by atoms with Gasteiger partial charge in [0.05, 0.1) is 15.0 Å². The van der Waals surface area contributed by atoms with Crippen LogP contribution in [0.15, 0.2) is 30.3 Å². The molecular formula is C12H5Cl3FNO3. The largest absolute Gasteiger partial charge is 0.452 e. The molecule has 0 spiro atoms. The average molecular weight is 337 g/mol. The Hall–Kier alpha value is -1.56. The minimum absolute atomic E-state index is 0.0359. The molecule has 0 saturated heterocycles. The van der Waals surface area contributed by atoms with Gasteiger partial charge in [0, 0.05) is 12.1 Å². The van der Waals surface area contributed by atoms with Crippen molar-refractivity contribution in [1.82, 2.24) is 0 Å². The molecule has 0 aliphatic carbocycles.